The third kappa shape index (κ3) is 14.0. The van der Waals surface area contributed by atoms with Crippen molar-refractivity contribution in [2.75, 3.05) is 39.6 Å². The Morgan fingerprint density at radius 2 is 0.395 bits per heavy atom. The summed E-state index contributed by atoms with van der Waals surface area (Å²) in [5, 5.41) is 64.1. The molecule has 1 aliphatic rings. The molecule has 1 aliphatic carbocycles. The lowest BCUT2D eigenvalue weighted by Gasteiger charge is -2.57. The highest BCUT2D eigenvalue weighted by Gasteiger charge is 2.61. The van der Waals surface area contributed by atoms with E-state index < -0.39 is 55.9 Å². The third-order valence-corrected chi connectivity index (χ3v) is 11.3. The zero-order valence-electron chi connectivity index (χ0n) is 28.2. The first-order valence-electron chi connectivity index (χ1n) is 18.7. The van der Waals surface area contributed by atoms with Gasteiger partial charge in [-0.05, 0) is 12.8 Å². The maximum absolute atomic E-state index is 10.8. The minimum Gasteiger partial charge on any atom is -0.396 e. The molecule has 0 spiro atoms. The molecule has 0 bridgehead atoms. The fourth-order valence-electron chi connectivity index (χ4n) is 7.95. The van der Waals surface area contributed by atoms with Gasteiger partial charge >= 0.3 is 0 Å². The number of aliphatic hydroxyl groups excluding tert-OH is 6. The molecule has 43 heavy (non-hydrogen) atoms. The van der Waals surface area contributed by atoms with Gasteiger partial charge in [0.1, 0.15) is 0 Å². The molecular weight excluding hydrogens is 540 g/mol. The molecule has 6 nitrogen and oxygen atoms in total. The van der Waals surface area contributed by atoms with Gasteiger partial charge in [0, 0.05) is 16.2 Å². The zero-order valence-corrected chi connectivity index (χ0v) is 28.2. The number of aliphatic hydroxyl groups is 6. The molecule has 258 valence electrons. The number of rotatable bonds is 6. The van der Waals surface area contributed by atoms with Crippen molar-refractivity contribution in [3.63, 3.8) is 0 Å². The lowest BCUT2D eigenvalue weighted by Crippen LogP contribution is -2.64. The van der Waals surface area contributed by atoms with Crippen LogP contribution in [0.5, 0.6) is 0 Å². The Hall–Kier alpha value is -0.240. The topological polar surface area (TPSA) is 121 Å². The van der Waals surface area contributed by atoms with Gasteiger partial charge in [0.05, 0.1) is 39.6 Å². The van der Waals surface area contributed by atoms with Crippen LogP contribution in [0.25, 0.3) is 0 Å². The minimum atomic E-state index is -1.40. The summed E-state index contributed by atoms with van der Waals surface area (Å²) in [6.45, 7) is -2.66. The first-order valence-corrected chi connectivity index (χ1v) is 18.7. The summed E-state index contributed by atoms with van der Waals surface area (Å²) < 4.78 is 0. The SMILES string of the molecule is OCC1(CO)CCCCCCCCCCCCCCCCCCCCCCCCCCCCC(CO)(CO)C1(CO)CO. The van der Waals surface area contributed by atoms with Gasteiger partial charge in [-0.3, -0.25) is 0 Å². The first kappa shape index (κ1) is 40.8. The van der Waals surface area contributed by atoms with E-state index >= 15 is 0 Å². The maximum atomic E-state index is 10.8. The van der Waals surface area contributed by atoms with E-state index in [-0.39, 0.29) is 0 Å². The summed E-state index contributed by atoms with van der Waals surface area (Å²) >= 11 is 0. The highest BCUT2D eigenvalue weighted by molar-refractivity contribution is 5.08. The molecule has 0 amide bonds. The Bertz CT molecular complexity index is 552. The predicted molar refractivity (Wildman–Crippen MR) is 179 cm³/mol. The van der Waals surface area contributed by atoms with Crippen LogP contribution in [0.2, 0.25) is 0 Å². The van der Waals surface area contributed by atoms with E-state index in [1.54, 1.807) is 0 Å². The summed E-state index contributed by atoms with van der Waals surface area (Å²) in [5.74, 6) is 0. The molecule has 1 fully saturated rings. The summed E-state index contributed by atoms with van der Waals surface area (Å²) in [7, 11) is 0. The van der Waals surface area contributed by atoms with Crippen LogP contribution in [0.1, 0.15) is 180 Å². The van der Waals surface area contributed by atoms with Gasteiger partial charge in [-0.1, -0.05) is 167 Å². The third-order valence-electron chi connectivity index (χ3n) is 11.3. The maximum Gasteiger partial charge on any atom is 0.0523 e. The van der Waals surface area contributed by atoms with Gasteiger partial charge in [0.15, 0.2) is 0 Å². The monoisotopic (exact) mass is 615 g/mol. The molecule has 0 unspecified atom stereocenters. The van der Waals surface area contributed by atoms with E-state index in [2.05, 4.69) is 0 Å². The molecule has 1 saturated carbocycles. The Balaban J connectivity index is 2.79. The molecule has 6 N–H and O–H groups in total. The smallest absolute Gasteiger partial charge is 0.0523 e. The fraction of sp³-hybridized carbons (Fsp3) is 1.00. The largest absolute Gasteiger partial charge is 0.396 e. The predicted octanol–water partition coefficient (Wildman–Crippen LogP) is 7.84. The molecule has 6 heteroatoms. The summed E-state index contributed by atoms with van der Waals surface area (Å²) in [4.78, 5) is 0. The first-order chi connectivity index (χ1) is 21.1. The molecule has 0 aromatic carbocycles. The highest BCUT2D eigenvalue weighted by atomic mass is 16.3. The molecule has 0 aromatic heterocycles. The van der Waals surface area contributed by atoms with Gasteiger partial charge < -0.3 is 30.6 Å². The van der Waals surface area contributed by atoms with Crippen molar-refractivity contribution >= 4 is 0 Å². The quantitative estimate of drug-likeness (QED) is 0.181. The molecule has 0 aromatic rings. The Labute approximate surface area is 266 Å². The van der Waals surface area contributed by atoms with Crippen LogP contribution in [0.3, 0.4) is 0 Å². The van der Waals surface area contributed by atoms with Crippen LogP contribution in [-0.4, -0.2) is 70.3 Å². The average molecular weight is 615 g/mol. The van der Waals surface area contributed by atoms with E-state index in [1.807, 2.05) is 0 Å². The zero-order chi connectivity index (χ0) is 31.5. The van der Waals surface area contributed by atoms with Crippen molar-refractivity contribution in [1.29, 1.82) is 0 Å². The number of hydrogen-bond donors (Lipinski definition) is 6. The highest BCUT2D eigenvalue weighted by Crippen LogP contribution is 2.56. The lowest BCUT2D eigenvalue weighted by atomic mass is 9.49. The fourth-order valence-corrected chi connectivity index (χ4v) is 7.95. The van der Waals surface area contributed by atoms with E-state index in [9.17, 15) is 30.6 Å². The van der Waals surface area contributed by atoms with Crippen molar-refractivity contribution in [3.05, 3.63) is 0 Å². The molecule has 0 atom stereocenters. The van der Waals surface area contributed by atoms with Crippen LogP contribution in [0.15, 0.2) is 0 Å². The second-order valence-electron chi connectivity index (χ2n) is 14.3. The minimum absolute atomic E-state index is 0.410. The van der Waals surface area contributed by atoms with E-state index in [4.69, 9.17) is 0 Å². The van der Waals surface area contributed by atoms with Gasteiger partial charge in [0.2, 0.25) is 0 Å². The summed E-state index contributed by atoms with van der Waals surface area (Å²) in [6.07, 6.45) is 33.1. The lowest BCUT2D eigenvalue weighted by molar-refractivity contribution is -0.214. The van der Waals surface area contributed by atoms with Gasteiger partial charge in [-0.2, -0.15) is 0 Å². The Kier molecular flexibility index (Phi) is 24.6. The molecule has 0 saturated heterocycles. The van der Waals surface area contributed by atoms with Gasteiger partial charge in [0.25, 0.3) is 0 Å². The van der Waals surface area contributed by atoms with Crippen LogP contribution in [-0.2, 0) is 0 Å². The molecular formula is C37H74O6. The van der Waals surface area contributed by atoms with Crippen molar-refractivity contribution in [1.82, 2.24) is 0 Å². The second kappa shape index (κ2) is 25.9. The average Bonchev–Trinajstić information content (AvgIpc) is 3.04. The van der Waals surface area contributed by atoms with Crippen LogP contribution in [0, 0.1) is 16.2 Å². The number of hydrogen-bond acceptors (Lipinski definition) is 6. The van der Waals surface area contributed by atoms with Crippen molar-refractivity contribution in [2.45, 2.75) is 180 Å². The Morgan fingerprint density at radius 3 is 0.535 bits per heavy atom. The normalized spacial score (nSPS) is 24.4. The summed E-state index contributed by atoms with van der Waals surface area (Å²) in [6, 6.07) is 0. The van der Waals surface area contributed by atoms with E-state index in [0.717, 1.165) is 38.5 Å². The van der Waals surface area contributed by atoms with Crippen LogP contribution >= 0.6 is 0 Å². The molecule has 0 aliphatic heterocycles. The molecule has 0 heterocycles. The van der Waals surface area contributed by atoms with Crippen LogP contribution < -0.4 is 0 Å². The van der Waals surface area contributed by atoms with Crippen molar-refractivity contribution in [3.8, 4) is 0 Å². The van der Waals surface area contributed by atoms with Gasteiger partial charge in [-0.25, -0.2) is 0 Å². The van der Waals surface area contributed by atoms with E-state index in [1.165, 1.54) is 128 Å². The second-order valence-corrected chi connectivity index (χ2v) is 14.3. The van der Waals surface area contributed by atoms with Crippen molar-refractivity contribution in [2.24, 2.45) is 16.2 Å². The Morgan fingerprint density at radius 1 is 0.233 bits per heavy atom. The summed E-state index contributed by atoms with van der Waals surface area (Å²) in [5.41, 5.74) is -3.78. The van der Waals surface area contributed by atoms with E-state index in [0.29, 0.717) is 12.8 Å². The standard InChI is InChI=1S/C37H74O6/c38-29-35(30-39)27-25-23-21-19-17-15-13-11-9-7-5-3-1-2-4-6-8-10-12-14-16-18-20-22-24-26-28-36(31-40,32-41)37(35,33-42)34-43/h38-43H,1-34H2. The van der Waals surface area contributed by atoms with Gasteiger partial charge in [-0.15, -0.1) is 0 Å². The van der Waals surface area contributed by atoms with Crippen molar-refractivity contribution < 1.29 is 30.6 Å². The van der Waals surface area contributed by atoms with Crippen LogP contribution in [0.4, 0.5) is 0 Å². The molecule has 1 rings (SSSR count). The molecule has 0 radical (unpaired) electrons.